The van der Waals surface area contributed by atoms with E-state index in [0.29, 0.717) is 5.82 Å². The summed E-state index contributed by atoms with van der Waals surface area (Å²) in [6.45, 7) is 8.46. The molecule has 42 heavy (non-hydrogen) atoms. The van der Waals surface area contributed by atoms with Gasteiger partial charge in [0.1, 0.15) is 35.6 Å². The first-order chi connectivity index (χ1) is 19.7. The largest absolute Gasteiger partial charge is 0.468 e. The van der Waals surface area contributed by atoms with Crippen LogP contribution in [0.25, 0.3) is 11.2 Å². The van der Waals surface area contributed by atoms with Crippen molar-refractivity contribution in [3.63, 3.8) is 0 Å². The minimum atomic E-state index is -4.28. The molecule has 236 valence electrons. The Labute approximate surface area is 243 Å². The highest BCUT2D eigenvalue weighted by atomic mass is 31.2. The van der Waals surface area contributed by atoms with Crippen LogP contribution in [0.1, 0.15) is 52.6 Å². The number of hydrogen-bond acceptors (Lipinski definition) is 12. The summed E-state index contributed by atoms with van der Waals surface area (Å²) in [5, 5.41) is 16.1. The number of fused-ring (bicyclic) bond motifs is 1. The van der Waals surface area contributed by atoms with E-state index in [-0.39, 0.29) is 41.7 Å². The number of carbonyl (C=O) groups is 2. The van der Waals surface area contributed by atoms with Crippen LogP contribution in [0.5, 0.6) is 0 Å². The summed E-state index contributed by atoms with van der Waals surface area (Å²) >= 11 is 0. The van der Waals surface area contributed by atoms with Crippen molar-refractivity contribution in [2.75, 3.05) is 26.6 Å². The monoisotopic (exact) mass is 617 g/mol. The molecular formula is C25H41FN7O8P. The van der Waals surface area contributed by atoms with E-state index in [9.17, 15) is 19.3 Å². The number of aryl methyl sites for hydroxylation is 1. The highest BCUT2D eigenvalue weighted by molar-refractivity contribution is 7.54. The maximum absolute atomic E-state index is 15.4. The van der Waals surface area contributed by atoms with Crippen LogP contribution in [0.4, 0.5) is 10.2 Å². The lowest BCUT2D eigenvalue weighted by molar-refractivity contribution is -0.143. The number of hydrogen-bond donors (Lipinski definition) is 4. The minimum absolute atomic E-state index is 0.0124. The Morgan fingerprint density at radius 2 is 1.67 bits per heavy atom. The van der Waals surface area contributed by atoms with E-state index in [1.807, 2.05) is 27.7 Å². The smallest absolute Gasteiger partial charge is 0.342 e. The Morgan fingerprint density at radius 3 is 2.17 bits per heavy atom. The summed E-state index contributed by atoms with van der Waals surface area (Å²) in [7, 11) is -1.90. The fourth-order valence-corrected chi connectivity index (χ4v) is 6.46. The summed E-state index contributed by atoms with van der Waals surface area (Å²) in [6.07, 6.45) is -4.58. The quantitative estimate of drug-likeness (QED) is 0.176. The molecule has 2 aromatic heterocycles. The number of carbonyl (C=O) groups excluding carboxylic acids is 2. The van der Waals surface area contributed by atoms with E-state index < -0.39 is 62.9 Å². The Balaban J connectivity index is 1.87. The molecule has 1 aliphatic rings. The van der Waals surface area contributed by atoms with Gasteiger partial charge in [0.05, 0.1) is 27.2 Å². The van der Waals surface area contributed by atoms with Gasteiger partial charge in [-0.05, 0) is 31.6 Å². The number of nitrogens with two attached hydrogens (primary N) is 1. The van der Waals surface area contributed by atoms with E-state index in [1.54, 1.807) is 6.92 Å². The van der Waals surface area contributed by atoms with E-state index in [1.165, 1.54) is 25.1 Å². The molecule has 0 saturated carbocycles. The Bertz CT molecular complexity index is 1260. The van der Waals surface area contributed by atoms with Crippen LogP contribution in [0.2, 0.25) is 0 Å². The molecule has 2 aromatic rings. The molecule has 15 nitrogen and oxygen atoms in total. The number of aliphatic hydroxyl groups is 1. The zero-order valence-electron chi connectivity index (χ0n) is 24.8. The summed E-state index contributed by atoms with van der Waals surface area (Å²) in [5.74, 6) is -0.985. The van der Waals surface area contributed by atoms with Gasteiger partial charge in [-0.15, -0.1) is 0 Å². The number of rotatable bonds is 14. The molecule has 1 unspecified atom stereocenters. The summed E-state index contributed by atoms with van der Waals surface area (Å²) in [4.78, 5) is 37.5. The predicted molar refractivity (Wildman–Crippen MR) is 150 cm³/mol. The van der Waals surface area contributed by atoms with Crippen LogP contribution in [0, 0.1) is 18.8 Å². The fourth-order valence-electron chi connectivity index (χ4n) is 4.63. The molecule has 0 amide bonds. The number of halogens is 1. The second kappa shape index (κ2) is 14.1. The van der Waals surface area contributed by atoms with Gasteiger partial charge in [-0.25, -0.2) is 29.5 Å². The van der Waals surface area contributed by atoms with Gasteiger partial charge in [-0.1, -0.05) is 27.7 Å². The summed E-state index contributed by atoms with van der Waals surface area (Å²) in [6, 6.07) is -2.15. The Kier molecular flexibility index (Phi) is 11.4. The maximum Gasteiger partial charge on any atom is 0.342 e. The molecule has 6 atom stereocenters. The molecule has 1 aliphatic heterocycles. The number of nitrogen functional groups attached to an aromatic ring is 1. The number of nitrogens with zero attached hydrogens (tertiary/aromatic N) is 4. The molecule has 0 radical (unpaired) electrons. The molecule has 1 fully saturated rings. The van der Waals surface area contributed by atoms with Crippen molar-refractivity contribution in [2.24, 2.45) is 11.8 Å². The SMILES string of the molecule is COC(=O)[C@H](CC(C)C)NP(=O)(N[C@@H](CC(C)C)C(=O)OC)OC[C@H]1O[C@@H](n2cnc3c(N)nc(C)nc32)[C@H](F)C1O. The first-order valence-corrected chi connectivity index (χ1v) is 15.2. The molecule has 0 aromatic carbocycles. The summed E-state index contributed by atoms with van der Waals surface area (Å²) in [5.41, 5.74) is 6.36. The third kappa shape index (κ3) is 7.99. The lowest BCUT2D eigenvalue weighted by atomic mass is 10.1. The first-order valence-electron chi connectivity index (χ1n) is 13.6. The molecule has 3 heterocycles. The molecular weight excluding hydrogens is 576 g/mol. The Hall–Kier alpha value is -2.75. The molecule has 0 spiro atoms. The molecule has 0 aliphatic carbocycles. The average Bonchev–Trinajstić information content (AvgIpc) is 3.45. The van der Waals surface area contributed by atoms with Gasteiger partial charge in [0.2, 0.25) is 0 Å². The fraction of sp³-hybridized carbons (Fsp3) is 0.720. The Morgan fingerprint density at radius 1 is 1.12 bits per heavy atom. The number of aromatic nitrogens is 4. The standard InChI is InChI=1S/C25H41FN7O8P/c1-12(2)8-15(24(35)38-6)31-42(37,32-16(9-13(3)4)25(36)39-7)40-10-17-20(34)18(26)23(41-17)33-11-28-19-21(27)29-14(5)30-22(19)33/h11-13,15-18,20,23,34H,8-10H2,1-7H3,(H2,27,29,30)(H2,31,32,37)/t15-,16-,17+,18+,20?,23+/m0/s1. The number of imidazole rings is 1. The normalized spacial score (nSPS) is 22.5. The van der Waals surface area contributed by atoms with Crippen LogP contribution in [0.3, 0.4) is 0 Å². The van der Waals surface area contributed by atoms with Crippen molar-refractivity contribution in [1.29, 1.82) is 0 Å². The second-order valence-corrected chi connectivity index (χ2v) is 12.9. The predicted octanol–water partition coefficient (Wildman–Crippen LogP) is 1.79. The van der Waals surface area contributed by atoms with Gasteiger partial charge in [-0.3, -0.25) is 18.7 Å². The lowest BCUT2D eigenvalue weighted by Gasteiger charge is -2.30. The number of alkyl halides is 1. The van der Waals surface area contributed by atoms with E-state index >= 15 is 4.39 Å². The highest BCUT2D eigenvalue weighted by Crippen LogP contribution is 2.43. The van der Waals surface area contributed by atoms with Gasteiger partial charge in [0, 0.05) is 0 Å². The molecule has 17 heteroatoms. The number of anilines is 1. The van der Waals surface area contributed by atoms with Crippen molar-refractivity contribution in [3.05, 3.63) is 12.2 Å². The van der Waals surface area contributed by atoms with Crippen molar-refractivity contribution in [3.8, 4) is 0 Å². The minimum Gasteiger partial charge on any atom is -0.468 e. The number of nitrogens with one attached hydrogen (secondary N) is 2. The van der Waals surface area contributed by atoms with E-state index in [2.05, 4.69) is 25.1 Å². The van der Waals surface area contributed by atoms with Crippen molar-refractivity contribution in [1.82, 2.24) is 29.7 Å². The third-order valence-corrected chi connectivity index (χ3v) is 8.40. The van der Waals surface area contributed by atoms with Crippen molar-refractivity contribution >= 4 is 36.6 Å². The average molecular weight is 618 g/mol. The number of ether oxygens (including phenoxy) is 3. The third-order valence-electron chi connectivity index (χ3n) is 6.59. The topological polar surface area (TPSA) is 202 Å². The number of esters is 2. The van der Waals surface area contributed by atoms with Crippen LogP contribution >= 0.6 is 7.67 Å². The van der Waals surface area contributed by atoms with Crippen LogP contribution in [0.15, 0.2) is 6.33 Å². The van der Waals surface area contributed by atoms with Crippen LogP contribution in [-0.2, 0) is 32.9 Å². The second-order valence-electron chi connectivity index (χ2n) is 11.0. The van der Waals surface area contributed by atoms with Gasteiger partial charge in [-0.2, -0.15) is 0 Å². The van der Waals surface area contributed by atoms with Crippen molar-refractivity contribution in [2.45, 2.75) is 84.2 Å². The summed E-state index contributed by atoms with van der Waals surface area (Å²) < 4.78 is 52.2. The van der Waals surface area contributed by atoms with Crippen molar-refractivity contribution < 1.29 is 42.4 Å². The first kappa shape index (κ1) is 33.7. The highest BCUT2D eigenvalue weighted by Gasteiger charge is 2.47. The van der Waals surface area contributed by atoms with E-state index in [0.717, 1.165) is 0 Å². The van der Waals surface area contributed by atoms with Gasteiger partial charge < -0.3 is 29.6 Å². The van der Waals surface area contributed by atoms with Crippen LogP contribution < -0.4 is 15.9 Å². The van der Waals surface area contributed by atoms with E-state index in [4.69, 9.17) is 24.5 Å². The number of methoxy groups -OCH3 is 2. The lowest BCUT2D eigenvalue weighted by Crippen LogP contribution is -2.45. The zero-order valence-corrected chi connectivity index (χ0v) is 25.7. The maximum atomic E-state index is 15.4. The van der Waals surface area contributed by atoms with Gasteiger partial charge in [0.25, 0.3) is 0 Å². The number of aliphatic hydroxyl groups excluding tert-OH is 1. The van der Waals surface area contributed by atoms with Gasteiger partial charge >= 0.3 is 19.6 Å². The molecule has 3 rings (SSSR count). The molecule has 1 saturated heterocycles. The van der Waals surface area contributed by atoms with Crippen LogP contribution in [-0.4, -0.2) is 87.9 Å². The van der Waals surface area contributed by atoms with Gasteiger partial charge in [0.15, 0.2) is 23.9 Å². The molecule has 0 bridgehead atoms. The zero-order chi connectivity index (χ0) is 31.4. The molecule has 5 N–H and O–H groups in total.